The molecule has 1 aromatic rings. The van der Waals surface area contributed by atoms with E-state index < -0.39 is 0 Å². The van der Waals surface area contributed by atoms with Crippen LogP contribution in [0.15, 0.2) is 35.4 Å². The molecule has 0 saturated heterocycles. The van der Waals surface area contributed by atoms with Crippen LogP contribution in [0.5, 0.6) is 0 Å². The number of nitrogens with zero attached hydrogens (tertiary/aromatic N) is 1. The van der Waals surface area contributed by atoms with Gasteiger partial charge >= 0.3 is 0 Å². The smallest absolute Gasteiger partial charge is 0.167 e. The van der Waals surface area contributed by atoms with E-state index in [0.29, 0.717) is 11.8 Å². The molecule has 0 aliphatic carbocycles. The van der Waals surface area contributed by atoms with E-state index >= 15 is 0 Å². The number of alkyl halides is 1. The molecule has 4 N–H and O–H groups in total. The number of allylic oxidation sites excluding steroid dienone is 2. The van der Waals surface area contributed by atoms with E-state index in [1.165, 1.54) is 11.1 Å². The summed E-state index contributed by atoms with van der Waals surface area (Å²) in [6.45, 7) is 4.33. The van der Waals surface area contributed by atoms with Crippen molar-refractivity contribution in [2.45, 2.75) is 26.7 Å². The van der Waals surface area contributed by atoms with Gasteiger partial charge in [-0.15, -0.1) is 0 Å². The molecule has 1 aromatic carbocycles. The van der Waals surface area contributed by atoms with E-state index in [2.05, 4.69) is 57.9 Å². The Hall–Kier alpha value is -1.33. The second-order valence-corrected chi connectivity index (χ2v) is 5.66. The molecule has 0 amide bonds. The molecule has 5 heteroatoms. The van der Waals surface area contributed by atoms with Crippen molar-refractivity contribution in [2.75, 3.05) is 12.4 Å². The highest BCUT2D eigenvalue weighted by atomic mass is 79.9. The number of nitrogens with two attached hydrogens (primary N) is 1. The first-order chi connectivity index (χ1) is 10.2. The highest BCUT2D eigenvalue weighted by Crippen LogP contribution is 2.26. The summed E-state index contributed by atoms with van der Waals surface area (Å²) >= 11 is 3.54. The molecule has 0 aliphatic heterocycles. The summed E-state index contributed by atoms with van der Waals surface area (Å²) in [5.41, 5.74) is 9.36. The second kappa shape index (κ2) is 9.58. The number of hydrazone groups is 1. The molecule has 1 unspecified atom stereocenters. The molecule has 0 saturated carbocycles. The van der Waals surface area contributed by atoms with Gasteiger partial charge in [0.2, 0.25) is 0 Å². The summed E-state index contributed by atoms with van der Waals surface area (Å²) in [5.74, 6) is 6.80. The van der Waals surface area contributed by atoms with Crippen molar-refractivity contribution in [3.63, 3.8) is 0 Å². The average molecular weight is 353 g/mol. The number of hydrogen-bond donors (Lipinski definition) is 3. The maximum absolute atomic E-state index is 5.50. The lowest BCUT2D eigenvalue weighted by Gasteiger charge is -2.16. The Morgan fingerprint density at radius 3 is 2.57 bits per heavy atom. The Kier molecular flexibility index (Phi) is 8.08. The monoisotopic (exact) mass is 352 g/mol. The van der Waals surface area contributed by atoms with Gasteiger partial charge in [0, 0.05) is 17.9 Å². The molecule has 0 heterocycles. The summed E-state index contributed by atoms with van der Waals surface area (Å²) in [5, 5.41) is 4.88. The second-order valence-electron chi connectivity index (χ2n) is 5.01. The van der Waals surface area contributed by atoms with Crippen LogP contribution < -0.4 is 16.7 Å². The first-order valence-electron chi connectivity index (χ1n) is 7.19. The van der Waals surface area contributed by atoms with Gasteiger partial charge in [-0.2, -0.15) is 5.10 Å². The van der Waals surface area contributed by atoms with Crippen molar-refractivity contribution in [3.8, 4) is 0 Å². The van der Waals surface area contributed by atoms with Crippen molar-refractivity contribution < 1.29 is 0 Å². The first-order valence-corrected chi connectivity index (χ1v) is 8.31. The number of halogens is 1. The fourth-order valence-electron chi connectivity index (χ4n) is 2.17. The fraction of sp³-hybridized carbons (Fsp3) is 0.438. The Balaban J connectivity index is 3.05. The van der Waals surface area contributed by atoms with Crippen molar-refractivity contribution in [2.24, 2.45) is 16.9 Å². The lowest BCUT2D eigenvalue weighted by molar-refractivity contribution is 0.612. The number of amidine groups is 1. The summed E-state index contributed by atoms with van der Waals surface area (Å²) in [7, 11) is 1.79. The number of hydrazine groups is 1. The van der Waals surface area contributed by atoms with E-state index in [0.717, 1.165) is 23.7 Å². The van der Waals surface area contributed by atoms with Crippen LogP contribution in [0.25, 0.3) is 5.57 Å². The Morgan fingerprint density at radius 2 is 2.05 bits per heavy atom. The summed E-state index contributed by atoms with van der Waals surface area (Å²) < 4.78 is 0. The maximum atomic E-state index is 5.50. The highest BCUT2D eigenvalue weighted by molar-refractivity contribution is 9.09. The quantitative estimate of drug-likeness (QED) is 0.232. The van der Waals surface area contributed by atoms with Crippen LogP contribution in [0, 0.1) is 5.92 Å². The third-order valence-corrected chi connectivity index (χ3v) is 4.52. The average Bonchev–Trinajstić information content (AvgIpc) is 2.53. The minimum atomic E-state index is 0.640. The molecule has 0 fully saturated rings. The zero-order chi connectivity index (χ0) is 15.7. The molecule has 116 valence electrons. The molecule has 0 bridgehead atoms. The molecule has 0 aliphatic rings. The number of hydrogen-bond acceptors (Lipinski definition) is 3. The van der Waals surface area contributed by atoms with E-state index in [-0.39, 0.29) is 0 Å². The standard InChI is InChI=1S/C16H25BrN4/c1-4-13(10-9-12(2)11-17)14-7-5-6-8-15(14)16(20-18)21-19-3/h4-8,12,19H,9-11,18H2,1-3H3,(H,20,21). The molecule has 0 radical (unpaired) electrons. The Bertz CT molecular complexity index is 497. The molecule has 1 rings (SSSR count). The lowest BCUT2D eigenvalue weighted by atomic mass is 9.93. The van der Waals surface area contributed by atoms with Crippen molar-refractivity contribution in [1.29, 1.82) is 0 Å². The van der Waals surface area contributed by atoms with Crippen molar-refractivity contribution >= 4 is 27.3 Å². The highest BCUT2D eigenvalue weighted by Gasteiger charge is 2.12. The summed E-state index contributed by atoms with van der Waals surface area (Å²) in [6.07, 6.45) is 4.36. The van der Waals surface area contributed by atoms with E-state index in [1.54, 1.807) is 7.05 Å². The van der Waals surface area contributed by atoms with Crippen LogP contribution in [0.1, 0.15) is 37.8 Å². The van der Waals surface area contributed by atoms with Gasteiger partial charge in [-0.1, -0.05) is 53.2 Å². The van der Waals surface area contributed by atoms with Crippen LogP contribution in [-0.4, -0.2) is 18.2 Å². The molecular formula is C16H25BrN4. The van der Waals surface area contributed by atoms with Crippen LogP contribution in [0.3, 0.4) is 0 Å². The predicted octanol–water partition coefficient (Wildman–Crippen LogP) is 3.25. The van der Waals surface area contributed by atoms with Crippen molar-refractivity contribution in [3.05, 3.63) is 41.5 Å². The molecule has 21 heavy (non-hydrogen) atoms. The fourth-order valence-corrected chi connectivity index (χ4v) is 2.49. The van der Waals surface area contributed by atoms with E-state index in [4.69, 9.17) is 5.84 Å². The third kappa shape index (κ3) is 5.17. The van der Waals surface area contributed by atoms with Gasteiger partial charge in [-0.3, -0.25) is 0 Å². The molecule has 4 nitrogen and oxygen atoms in total. The van der Waals surface area contributed by atoms with Crippen molar-refractivity contribution in [1.82, 2.24) is 10.9 Å². The third-order valence-electron chi connectivity index (χ3n) is 3.42. The van der Waals surface area contributed by atoms with E-state index in [9.17, 15) is 0 Å². The molecule has 0 aromatic heterocycles. The number of benzene rings is 1. The minimum absolute atomic E-state index is 0.640. The molecule has 1 atom stereocenters. The number of rotatable bonds is 7. The molecular weight excluding hydrogens is 328 g/mol. The van der Waals surface area contributed by atoms with Gasteiger partial charge in [-0.25, -0.2) is 5.43 Å². The van der Waals surface area contributed by atoms with Crippen LogP contribution in [0.2, 0.25) is 0 Å². The summed E-state index contributed by atoms with van der Waals surface area (Å²) in [6, 6.07) is 8.19. The van der Waals surface area contributed by atoms with Crippen LogP contribution in [0.4, 0.5) is 0 Å². The SMILES string of the molecule is CC=C(CCC(C)CBr)c1ccccc1C(=NN)NNC. The van der Waals surface area contributed by atoms with Gasteiger partial charge in [-0.05, 0) is 36.8 Å². The van der Waals surface area contributed by atoms with Gasteiger partial charge in [0.15, 0.2) is 5.84 Å². The van der Waals surface area contributed by atoms with Gasteiger partial charge in [0.25, 0.3) is 0 Å². The normalized spacial score (nSPS) is 14.1. The van der Waals surface area contributed by atoms with Crippen LogP contribution in [-0.2, 0) is 0 Å². The largest absolute Gasteiger partial charge is 0.321 e. The Labute approximate surface area is 136 Å². The first kappa shape index (κ1) is 17.7. The topological polar surface area (TPSA) is 62.4 Å². The van der Waals surface area contributed by atoms with E-state index in [1.807, 2.05) is 18.2 Å². The Morgan fingerprint density at radius 1 is 1.38 bits per heavy atom. The summed E-state index contributed by atoms with van der Waals surface area (Å²) in [4.78, 5) is 0. The maximum Gasteiger partial charge on any atom is 0.167 e. The number of nitrogens with one attached hydrogen (secondary N) is 2. The zero-order valence-electron chi connectivity index (χ0n) is 13.0. The molecule has 0 spiro atoms. The lowest BCUT2D eigenvalue weighted by Crippen LogP contribution is -2.36. The zero-order valence-corrected chi connectivity index (χ0v) is 14.6. The van der Waals surface area contributed by atoms with Crippen LogP contribution >= 0.6 is 15.9 Å². The predicted molar refractivity (Wildman–Crippen MR) is 95.2 cm³/mol. The minimum Gasteiger partial charge on any atom is -0.321 e. The van der Waals surface area contributed by atoms with Gasteiger partial charge < -0.3 is 11.3 Å². The van der Waals surface area contributed by atoms with Gasteiger partial charge in [0.05, 0.1) is 0 Å². The van der Waals surface area contributed by atoms with Gasteiger partial charge in [0.1, 0.15) is 0 Å².